The lowest BCUT2D eigenvalue weighted by atomic mass is 9.92. The predicted molar refractivity (Wildman–Crippen MR) is 107 cm³/mol. The van der Waals surface area contributed by atoms with Crippen LogP contribution in [-0.4, -0.2) is 47.7 Å². The maximum absolute atomic E-state index is 4.58. The molecule has 0 bridgehead atoms. The van der Waals surface area contributed by atoms with Crippen molar-refractivity contribution in [1.82, 2.24) is 9.97 Å². The minimum Gasteiger partial charge on any atom is -0.356 e. The number of nitrogens with zero attached hydrogens (tertiary/aromatic N) is 4. The fourth-order valence-electron chi connectivity index (χ4n) is 3.86. The lowest BCUT2D eigenvalue weighted by Crippen LogP contribution is -2.33. The van der Waals surface area contributed by atoms with Gasteiger partial charge in [-0.2, -0.15) is 11.8 Å². The summed E-state index contributed by atoms with van der Waals surface area (Å²) in [5.41, 5.74) is 1.48. The van der Waals surface area contributed by atoms with Gasteiger partial charge in [-0.1, -0.05) is 30.3 Å². The third kappa shape index (κ3) is 4.09. The minimum atomic E-state index is 0.673. The number of hydrogen-bond acceptors (Lipinski definition) is 5. The molecule has 0 spiro atoms. The van der Waals surface area contributed by atoms with Gasteiger partial charge < -0.3 is 9.80 Å². The van der Waals surface area contributed by atoms with Gasteiger partial charge >= 0.3 is 0 Å². The van der Waals surface area contributed by atoms with Crippen LogP contribution in [-0.2, 0) is 0 Å². The number of hydrogen-bond donors (Lipinski definition) is 0. The van der Waals surface area contributed by atoms with E-state index in [0.29, 0.717) is 5.92 Å². The highest BCUT2D eigenvalue weighted by molar-refractivity contribution is 7.99. The van der Waals surface area contributed by atoms with Crippen molar-refractivity contribution in [3.05, 3.63) is 48.3 Å². The van der Waals surface area contributed by atoms with Gasteiger partial charge in [0, 0.05) is 43.8 Å². The van der Waals surface area contributed by atoms with E-state index in [2.05, 4.69) is 56.2 Å². The third-order valence-electron chi connectivity index (χ3n) is 5.30. The highest BCUT2D eigenvalue weighted by Gasteiger charge is 2.20. The zero-order valence-corrected chi connectivity index (χ0v) is 15.5. The number of aromatic nitrogens is 2. The van der Waals surface area contributed by atoms with Crippen molar-refractivity contribution in [2.45, 2.75) is 25.2 Å². The van der Waals surface area contributed by atoms with Crippen molar-refractivity contribution in [1.29, 1.82) is 0 Å². The zero-order chi connectivity index (χ0) is 16.9. The highest BCUT2D eigenvalue weighted by atomic mass is 32.2. The average molecular weight is 355 g/mol. The van der Waals surface area contributed by atoms with Crippen LogP contribution in [0.3, 0.4) is 0 Å². The fraction of sp³-hybridized carbons (Fsp3) is 0.500. The Kier molecular flexibility index (Phi) is 5.40. The summed E-state index contributed by atoms with van der Waals surface area (Å²) in [6.45, 7) is 4.36. The Bertz CT molecular complexity index is 672. The van der Waals surface area contributed by atoms with Crippen LogP contribution in [0, 0.1) is 0 Å². The van der Waals surface area contributed by atoms with Gasteiger partial charge in [0.25, 0.3) is 0 Å². The van der Waals surface area contributed by atoms with Crippen molar-refractivity contribution < 1.29 is 0 Å². The Balaban J connectivity index is 1.45. The van der Waals surface area contributed by atoms with Gasteiger partial charge in [-0.05, 0) is 30.7 Å². The number of thioether (sulfide) groups is 1. The van der Waals surface area contributed by atoms with E-state index in [1.807, 2.05) is 11.8 Å². The fourth-order valence-corrected chi connectivity index (χ4v) is 4.76. The van der Waals surface area contributed by atoms with Crippen LogP contribution >= 0.6 is 11.8 Å². The molecule has 0 aliphatic carbocycles. The average Bonchev–Trinajstić information content (AvgIpc) is 2.96. The van der Waals surface area contributed by atoms with Crippen molar-refractivity contribution in [3.8, 4) is 0 Å². The van der Waals surface area contributed by atoms with Crippen molar-refractivity contribution in [3.63, 3.8) is 0 Å². The molecule has 5 heteroatoms. The van der Waals surface area contributed by atoms with E-state index < -0.39 is 0 Å². The molecule has 0 saturated carbocycles. The first-order valence-electron chi connectivity index (χ1n) is 9.35. The molecule has 0 radical (unpaired) electrons. The van der Waals surface area contributed by atoms with Gasteiger partial charge in [-0.25, -0.2) is 9.97 Å². The van der Waals surface area contributed by atoms with E-state index in [0.717, 1.165) is 37.8 Å². The number of rotatable bonds is 3. The summed E-state index contributed by atoms with van der Waals surface area (Å²) in [5.74, 6) is 5.25. The summed E-state index contributed by atoms with van der Waals surface area (Å²) in [5, 5.41) is 0. The van der Waals surface area contributed by atoms with Gasteiger partial charge in [0.2, 0.25) is 0 Å². The third-order valence-corrected chi connectivity index (χ3v) is 6.24. The molecule has 132 valence electrons. The lowest BCUT2D eigenvalue weighted by Gasteiger charge is -2.28. The molecular weight excluding hydrogens is 328 g/mol. The van der Waals surface area contributed by atoms with Crippen LogP contribution in [0.1, 0.15) is 30.7 Å². The summed E-state index contributed by atoms with van der Waals surface area (Å²) in [4.78, 5) is 13.9. The molecule has 1 aromatic heterocycles. The normalized spacial score (nSPS) is 21.8. The van der Waals surface area contributed by atoms with Gasteiger partial charge in [0.1, 0.15) is 18.0 Å². The zero-order valence-electron chi connectivity index (χ0n) is 14.7. The first-order chi connectivity index (χ1) is 12.4. The van der Waals surface area contributed by atoms with E-state index >= 15 is 0 Å². The molecule has 2 aliphatic rings. The quantitative estimate of drug-likeness (QED) is 0.837. The summed E-state index contributed by atoms with van der Waals surface area (Å²) in [6, 6.07) is 13.2. The molecule has 1 aromatic carbocycles. The maximum Gasteiger partial charge on any atom is 0.134 e. The van der Waals surface area contributed by atoms with Gasteiger partial charge in [0.15, 0.2) is 0 Å². The highest BCUT2D eigenvalue weighted by Crippen LogP contribution is 2.30. The van der Waals surface area contributed by atoms with E-state index in [9.17, 15) is 0 Å². The lowest BCUT2D eigenvalue weighted by molar-refractivity contribution is 0.612. The summed E-state index contributed by atoms with van der Waals surface area (Å²) in [7, 11) is 0. The molecule has 2 fully saturated rings. The van der Waals surface area contributed by atoms with E-state index in [1.165, 1.54) is 36.3 Å². The summed E-state index contributed by atoms with van der Waals surface area (Å²) in [6.07, 6.45) is 5.43. The second kappa shape index (κ2) is 8.09. The Morgan fingerprint density at radius 2 is 1.56 bits per heavy atom. The summed E-state index contributed by atoms with van der Waals surface area (Å²) >= 11 is 2.03. The van der Waals surface area contributed by atoms with Gasteiger partial charge in [-0.3, -0.25) is 0 Å². The van der Waals surface area contributed by atoms with E-state index in [4.69, 9.17) is 0 Å². The first-order valence-corrected chi connectivity index (χ1v) is 10.5. The molecule has 4 nitrogen and oxygen atoms in total. The van der Waals surface area contributed by atoms with Crippen LogP contribution in [0.25, 0.3) is 0 Å². The standard InChI is InChI=1S/C20H26N4S/c1-2-5-17(6-3-1)18-7-4-9-23(10-8-18)19-15-20(22-16-21-19)24-11-13-25-14-12-24/h1-3,5-6,15-16,18H,4,7-14H2. The SMILES string of the molecule is c1ccc(C2CCCN(c3cc(N4CCSCC4)ncn3)CC2)cc1. The maximum atomic E-state index is 4.58. The Morgan fingerprint density at radius 1 is 0.840 bits per heavy atom. The Morgan fingerprint density at radius 3 is 2.32 bits per heavy atom. The van der Waals surface area contributed by atoms with Crippen LogP contribution in [0.5, 0.6) is 0 Å². The second-order valence-corrected chi connectivity index (χ2v) is 8.08. The Labute approximate surface area is 154 Å². The smallest absolute Gasteiger partial charge is 0.134 e. The van der Waals surface area contributed by atoms with Crippen molar-refractivity contribution >= 4 is 23.4 Å². The minimum absolute atomic E-state index is 0.673. The predicted octanol–water partition coefficient (Wildman–Crippen LogP) is 3.80. The largest absolute Gasteiger partial charge is 0.356 e. The molecule has 2 aliphatic heterocycles. The van der Waals surface area contributed by atoms with Crippen molar-refractivity contribution in [2.24, 2.45) is 0 Å². The molecule has 1 atom stereocenters. The number of benzene rings is 1. The van der Waals surface area contributed by atoms with Crippen LogP contribution in [0.4, 0.5) is 11.6 Å². The second-order valence-electron chi connectivity index (χ2n) is 6.86. The monoisotopic (exact) mass is 354 g/mol. The summed E-state index contributed by atoms with van der Waals surface area (Å²) < 4.78 is 0. The van der Waals surface area contributed by atoms with Gasteiger partial charge in [-0.15, -0.1) is 0 Å². The molecule has 2 aromatic rings. The van der Waals surface area contributed by atoms with Crippen LogP contribution in [0.2, 0.25) is 0 Å². The Hall–Kier alpha value is -1.75. The molecule has 4 rings (SSSR count). The van der Waals surface area contributed by atoms with Crippen molar-refractivity contribution in [2.75, 3.05) is 47.5 Å². The number of anilines is 2. The van der Waals surface area contributed by atoms with E-state index in [-0.39, 0.29) is 0 Å². The molecule has 25 heavy (non-hydrogen) atoms. The van der Waals surface area contributed by atoms with Crippen LogP contribution < -0.4 is 9.80 Å². The van der Waals surface area contributed by atoms with E-state index in [1.54, 1.807) is 6.33 Å². The molecule has 0 N–H and O–H groups in total. The molecular formula is C20H26N4S. The topological polar surface area (TPSA) is 32.3 Å². The molecule has 2 saturated heterocycles. The molecule has 1 unspecified atom stereocenters. The van der Waals surface area contributed by atoms with Gasteiger partial charge in [0.05, 0.1) is 0 Å². The first kappa shape index (κ1) is 16.7. The molecule has 3 heterocycles. The van der Waals surface area contributed by atoms with Crippen LogP contribution in [0.15, 0.2) is 42.7 Å². The molecule has 0 amide bonds.